The zero-order valence-electron chi connectivity index (χ0n) is 16.2. The summed E-state index contributed by atoms with van der Waals surface area (Å²) in [5, 5.41) is 14.1. The maximum Gasteiger partial charge on any atom is 0.282 e. The summed E-state index contributed by atoms with van der Waals surface area (Å²) >= 11 is 0. The summed E-state index contributed by atoms with van der Waals surface area (Å²) in [4.78, 5) is 43.3. The zero-order valence-corrected chi connectivity index (χ0v) is 16.2. The van der Waals surface area contributed by atoms with Crippen molar-refractivity contribution in [3.8, 4) is 0 Å². The number of nitro benzene ring substituents is 1. The Balaban J connectivity index is 1.44. The average molecular weight is 407 g/mol. The molecule has 2 aliphatic rings. The minimum atomic E-state index is -0.556. The molecule has 30 heavy (non-hydrogen) atoms. The maximum absolute atomic E-state index is 12.9. The predicted molar refractivity (Wildman–Crippen MR) is 110 cm³/mol. The van der Waals surface area contributed by atoms with E-state index in [-0.39, 0.29) is 23.8 Å². The quantitative estimate of drug-likeness (QED) is 0.582. The second-order valence-electron chi connectivity index (χ2n) is 7.36. The first-order chi connectivity index (χ1) is 14.5. The van der Waals surface area contributed by atoms with Crippen LogP contribution in [0.4, 0.5) is 11.5 Å². The smallest absolute Gasteiger partial charge is 0.282 e. The summed E-state index contributed by atoms with van der Waals surface area (Å²) in [6, 6.07) is 9.32. The molecule has 2 heterocycles. The van der Waals surface area contributed by atoms with Crippen LogP contribution in [0.5, 0.6) is 0 Å². The van der Waals surface area contributed by atoms with Gasteiger partial charge in [0.25, 0.3) is 17.5 Å². The SMILES string of the molecule is O=C(NCC1CC1)c1ccc(N2C=CCN(C(=O)c3ccccc3[N+](=O)[O-])C2)nc1. The molecule has 9 nitrogen and oxygen atoms in total. The fourth-order valence-electron chi connectivity index (χ4n) is 3.22. The summed E-state index contributed by atoms with van der Waals surface area (Å²) in [6.07, 6.45) is 7.43. The number of nitrogens with one attached hydrogen (secondary N) is 1. The molecule has 0 bridgehead atoms. The zero-order chi connectivity index (χ0) is 21.1. The number of benzene rings is 1. The molecule has 154 valence electrons. The second-order valence-corrected chi connectivity index (χ2v) is 7.36. The lowest BCUT2D eigenvalue weighted by Crippen LogP contribution is -2.43. The third-order valence-corrected chi connectivity index (χ3v) is 5.11. The lowest BCUT2D eigenvalue weighted by molar-refractivity contribution is -0.385. The normalized spacial score (nSPS) is 15.7. The summed E-state index contributed by atoms with van der Waals surface area (Å²) in [5.41, 5.74) is 0.310. The van der Waals surface area contributed by atoms with Gasteiger partial charge >= 0.3 is 0 Å². The number of rotatable bonds is 6. The number of anilines is 1. The van der Waals surface area contributed by atoms with E-state index in [0.29, 0.717) is 30.4 Å². The second kappa shape index (κ2) is 8.32. The lowest BCUT2D eigenvalue weighted by Gasteiger charge is -2.32. The Morgan fingerprint density at radius 1 is 1.20 bits per heavy atom. The molecule has 1 saturated carbocycles. The minimum absolute atomic E-state index is 0.0494. The molecule has 2 amide bonds. The van der Waals surface area contributed by atoms with Crippen molar-refractivity contribution in [1.82, 2.24) is 15.2 Å². The van der Waals surface area contributed by atoms with E-state index < -0.39 is 10.8 Å². The van der Waals surface area contributed by atoms with E-state index in [1.807, 2.05) is 0 Å². The Morgan fingerprint density at radius 2 is 2.00 bits per heavy atom. The van der Waals surface area contributed by atoms with Crippen LogP contribution in [0.3, 0.4) is 0 Å². The van der Waals surface area contributed by atoms with Gasteiger partial charge in [-0.05, 0) is 43.0 Å². The van der Waals surface area contributed by atoms with E-state index in [4.69, 9.17) is 0 Å². The number of aromatic nitrogens is 1. The number of para-hydroxylation sites is 1. The van der Waals surface area contributed by atoms with Crippen molar-refractivity contribution in [3.63, 3.8) is 0 Å². The maximum atomic E-state index is 12.9. The first kappa shape index (κ1) is 19.6. The number of hydrogen-bond acceptors (Lipinski definition) is 6. The molecule has 2 aromatic rings. The van der Waals surface area contributed by atoms with Gasteiger partial charge in [-0.3, -0.25) is 19.7 Å². The van der Waals surface area contributed by atoms with E-state index >= 15 is 0 Å². The molecule has 1 aromatic carbocycles. The van der Waals surface area contributed by atoms with Crippen LogP contribution in [0.2, 0.25) is 0 Å². The van der Waals surface area contributed by atoms with Gasteiger partial charge in [-0.2, -0.15) is 0 Å². The Morgan fingerprint density at radius 3 is 2.70 bits per heavy atom. The molecule has 1 aliphatic carbocycles. The van der Waals surface area contributed by atoms with Gasteiger partial charge in [-0.25, -0.2) is 4.98 Å². The first-order valence-electron chi connectivity index (χ1n) is 9.73. The van der Waals surface area contributed by atoms with E-state index in [9.17, 15) is 19.7 Å². The monoisotopic (exact) mass is 407 g/mol. The van der Waals surface area contributed by atoms with E-state index in [0.717, 1.165) is 0 Å². The van der Waals surface area contributed by atoms with Crippen LogP contribution in [0.25, 0.3) is 0 Å². The third kappa shape index (κ3) is 4.29. The first-order valence-corrected chi connectivity index (χ1v) is 9.73. The van der Waals surface area contributed by atoms with E-state index in [1.54, 1.807) is 35.4 Å². The van der Waals surface area contributed by atoms with Gasteiger partial charge in [0.2, 0.25) is 0 Å². The van der Waals surface area contributed by atoms with Crippen LogP contribution in [0, 0.1) is 16.0 Å². The van der Waals surface area contributed by atoms with Crippen molar-refractivity contribution in [1.29, 1.82) is 0 Å². The van der Waals surface area contributed by atoms with Crippen molar-refractivity contribution in [2.75, 3.05) is 24.7 Å². The summed E-state index contributed by atoms with van der Waals surface area (Å²) in [7, 11) is 0. The number of hydrogen-bond donors (Lipinski definition) is 1. The van der Waals surface area contributed by atoms with Crippen LogP contribution in [-0.2, 0) is 0 Å². The van der Waals surface area contributed by atoms with Crippen molar-refractivity contribution >= 4 is 23.3 Å². The molecule has 0 atom stereocenters. The fraction of sp³-hybridized carbons (Fsp3) is 0.286. The highest BCUT2D eigenvalue weighted by Crippen LogP contribution is 2.27. The van der Waals surface area contributed by atoms with Crippen LogP contribution >= 0.6 is 0 Å². The summed E-state index contributed by atoms with van der Waals surface area (Å²) in [5.74, 6) is 0.602. The lowest BCUT2D eigenvalue weighted by atomic mass is 10.1. The van der Waals surface area contributed by atoms with Gasteiger partial charge < -0.3 is 15.1 Å². The molecule has 1 N–H and O–H groups in total. The van der Waals surface area contributed by atoms with Gasteiger partial charge in [0.05, 0.1) is 17.2 Å². The highest BCUT2D eigenvalue weighted by molar-refractivity contribution is 5.98. The van der Waals surface area contributed by atoms with Crippen molar-refractivity contribution in [3.05, 3.63) is 76.1 Å². The highest BCUT2D eigenvalue weighted by atomic mass is 16.6. The average Bonchev–Trinajstić information content (AvgIpc) is 3.62. The number of carbonyl (C=O) groups excluding carboxylic acids is 2. The molecule has 1 aliphatic heterocycles. The number of carbonyl (C=O) groups is 2. The predicted octanol–water partition coefficient (Wildman–Crippen LogP) is 2.56. The van der Waals surface area contributed by atoms with Crippen molar-refractivity contribution < 1.29 is 14.5 Å². The van der Waals surface area contributed by atoms with E-state index in [2.05, 4.69) is 10.3 Å². The Bertz CT molecular complexity index is 1000. The van der Waals surface area contributed by atoms with Crippen LogP contribution in [0.15, 0.2) is 54.9 Å². The Hall–Kier alpha value is -3.75. The van der Waals surface area contributed by atoms with Crippen molar-refractivity contribution in [2.45, 2.75) is 12.8 Å². The molecular formula is C21H21N5O4. The van der Waals surface area contributed by atoms with Gasteiger partial charge in [-0.15, -0.1) is 0 Å². The van der Waals surface area contributed by atoms with Crippen LogP contribution in [-0.4, -0.2) is 46.4 Å². The van der Waals surface area contributed by atoms with Gasteiger partial charge in [0, 0.05) is 31.6 Å². The molecule has 1 fully saturated rings. The molecule has 0 spiro atoms. The number of nitrogens with zero attached hydrogens (tertiary/aromatic N) is 4. The Labute approximate surface area is 173 Å². The standard InChI is InChI=1S/C21H21N5O4/c27-20(23-12-15-6-7-15)16-8-9-19(22-13-16)24-10-3-11-25(14-24)21(28)17-4-1-2-5-18(17)26(29)30/h1-5,8-10,13,15H,6-7,11-12,14H2,(H,23,27). The molecular weight excluding hydrogens is 386 g/mol. The Kier molecular flexibility index (Phi) is 5.42. The molecule has 0 unspecified atom stereocenters. The molecule has 0 radical (unpaired) electrons. The summed E-state index contributed by atoms with van der Waals surface area (Å²) in [6.45, 7) is 1.22. The minimum Gasteiger partial charge on any atom is -0.352 e. The van der Waals surface area contributed by atoms with E-state index in [1.165, 1.54) is 42.1 Å². The molecule has 4 rings (SSSR count). The third-order valence-electron chi connectivity index (χ3n) is 5.11. The largest absolute Gasteiger partial charge is 0.352 e. The van der Waals surface area contributed by atoms with Gasteiger partial charge in [0.15, 0.2) is 0 Å². The van der Waals surface area contributed by atoms with Gasteiger partial charge in [-0.1, -0.05) is 12.1 Å². The molecule has 0 saturated heterocycles. The number of amides is 2. The topological polar surface area (TPSA) is 109 Å². The van der Waals surface area contributed by atoms with Gasteiger partial charge in [0.1, 0.15) is 11.4 Å². The van der Waals surface area contributed by atoms with Crippen LogP contribution in [0.1, 0.15) is 33.6 Å². The van der Waals surface area contributed by atoms with Crippen molar-refractivity contribution in [2.24, 2.45) is 5.92 Å². The van der Waals surface area contributed by atoms with Crippen LogP contribution < -0.4 is 10.2 Å². The molecule has 1 aromatic heterocycles. The fourth-order valence-corrected chi connectivity index (χ4v) is 3.22. The number of nitro groups is 1. The molecule has 9 heteroatoms. The summed E-state index contributed by atoms with van der Waals surface area (Å²) < 4.78 is 0. The highest BCUT2D eigenvalue weighted by Gasteiger charge is 2.27. The number of pyridine rings is 1.